The van der Waals surface area contributed by atoms with E-state index in [0.29, 0.717) is 31.1 Å². The van der Waals surface area contributed by atoms with Crippen LogP contribution >= 0.6 is 23.4 Å². The number of thioether (sulfide) groups is 1. The van der Waals surface area contributed by atoms with E-state index in [0.717, 1.165) is 17.8 Å². The molecule has 0 unspecified atom stereocenters. The fourth-order valence-electron chi connectivity index (χ4n) is 2.68. The first-order valence-electron chi connectivity index (χ1n) is 8.69. The normalized spacial score (nSPS) is 13.3. The maximum atomic E-state index is 13.2. The van der Waals surface area contributed by atoms with Gasteiger partial charge in [0.2, 0.25) is 5.91 Å². The van der Waals surface area contributed by atoms with Crippen LogP contribution in [-0.4, -0.2) is 29.9 Å². The Hall–Kier alpha value is -2.64. The number of halogens is 4. The van der Waals surface area contributed by atoms with Crippen LogP contribution in [0, 0.1) is 18.3 Å². The Morgan fingerprint density at radius 3 is 2.60 bits per heavy atom. The van der Waals surface area contributed by atoms with Crippen LogP contribution < -0.4 is 14.8 Å². The van der Waals surface area contributed by atoms with Crippen LogP contribution in [0.5, 0.6) is 11.5 Å². The molecule has 1 aliphatic heterocycles. The van der Waals surface area contributed by atoms with Crippen LogP contribution in [0.4, 0.5) is 18.9 Å². The van der Waals surface area contributed by atoms with Crippen molar-refractivity contribution in [3.05, 3.63) is 40.0 Å². The molecule has 2 heterocycles. The summed E-state index contributed by atoms with van der Waals surface area (Å²) < 4.78 is 50.6. The molecule has 1 aromatic carbocycles. The predicted octanol–water partition coefficient (Wildman–Crippen LogP) is 4.83. The highest BCUT2D eigenvalue weighted by atomic mass is 35.5. The Kier molecular flexibility index (Phi) is 6.63. The van der Waals surface area contributed by atoms with Crippen LogP contribution in [0.1, 0.15) is 23.2 Å². The second-order valence-electron chi connectivity index (χ2n) is 6.27. The van der Waals surface area contributed by atoms with E-state index in [-0.39, 0.29) is 27.2 Å². The van der Waals surface area contributed by atoms with Crippen LogP contribution in [0.25, 0.3) is 0 Å². The number of aryl methyl sites for hydroxylation is 1. The maximum absolute atomic E-state index is 13.2. The van der Waals surface area contributed by atoms with Crippen molar-refractivity contribution >= 4 is 35.0 Å². The number of hydrogen-bond donors (Lipinski definition) is 1. The highest BCUT2D eigenvalue weighted by Gasteiger charge is 2.35. The number of pyridine rings is 1. The number of fused-ring (bicyclic) bond motifs is 1. The predicted molar refractivity (Wildman–Crippen MR) is 105 cm³/mol. The number of amides is 1. The van der Waals surface area contributed by atoms with Gasteiger partial charge in [0.05, 0.1) is 40.8 Å². The standard InChI is InChI=1S/C19H15ClF3N3O3S/c1-10-5-12(19(21,22)23)11(8-24)18(25-10)30-9-17(27)26-14-7-16-15(6-13(14)20)28-3-2-4-29-16/h5-7H,2-4,9H2,1H3,(H,26,27). The summed E-state index contributed by atoms with van der Waals surface area (Å²) in [5, 5.41) is 11.8. The zero-order valence-electron chi connectivity index (χ0n) is 15.6. The topological polar surface area (TPSA) is 84.2 Å². The molecule has 1 aliphatic rings. The largest absolute Gasteiger partial charge is 0.490 e. The molecule has 0 saturated heterocycles. The molecule has 0 atom stereocenters. The van der Waals surface area contributed by atoms with Gasteiger partial charge in [0.1, 0.15) is 11.1 Å². The zero-order chi connectivity index (χ0) is 21.9. The molecular weight excluding hydrogens is 443 g/mol. The molecule has 3 rings (SSSR count). The fraction of sp³-hybridized carbons (Fsp3) is 0.316. The summed E-state index contributed by atoms with van der Waals surface area (Å²) in [6, 6.07) is 5.39. The SMILES string of the molecule is Cc1cc(C(F)(F)F)c(C#N)c(SCC(=O)Nc2cc3c(cc2Cl)OCCCO3)n1. The van der Waals surface area contributed by atoms with E-state index < -0.39 is 23.2 Å². The summed E-state index contributed by atoms with van der Waals surface area (Å²) >= 11 is 6.91. The molecule has 0 bridgehead atoms. The first kappa shape index (κ1) is 22.1. The molecule has 1 amide bonds. The van der Waals surface area contributed by atoms with Gasteiger partial charge < -0.3 is 14.8 Å². The lowest BCUT2D eigenvalue weighted by Crippen LogP contribution is -2.15. The second kappa shape index (κ2) is 9.02. The van der Waals surface area contributed by atoms with E-state index >= 15 is 0 Å². The zero-order valence-corrected chi connectivity index (χ0v) is 17.2. The fourth-order valence-corrected chi connectivity index (χ4v) is 3.73. The van der Waals surface area contributed by atoms with Crippen LogP contribution in [0.2, 0.25) is 5.02 Å². The van der Waals surface area contributed by atoms with E-state index in [2.05, 4.69) is 10.3 Å². The number of nitrogens with zero attached hydrogens (tertiary/aromatic N) is 2. The van der Waals surface area contributed by atoms with Crippen LogP contribution in [0.15, 0.2) is 23.2 Å². The molecular formula is C19H15ClF3N3O3S. The molecule has 2 aromatic rings. The number of carbonyl (C=O) groups excluding carboxylic acids is 1. The van der Waals surface area contributed by atoms with Crippen LogP contribution in [0.3, 0.4) is 0 Å². The van der Waals surface area contributed by atoms with Crippen molar-refractivity contribution in [2.24, 2.45) is 0 Å². The van der Waals surface area contributed by atoms with E-state index in [1.165, 1.54) is 25.1 Å². The molecule has 11 heteroatoms. The van der Waals surface area contributed by atoms with Gasteiger partial charge >= 0.3 is 6.18 Å². The van der Waals surface area contributed by atoms with Crippen molar-refractivity contribution in [2.75, 3.05) is 24.3 Å². The van der Waals surface area contributed by atoms with Crippen molar-refractivity contribution in [2.45, 2.75) is 24.5 Å². The van der Waals surface area contributed by atoms with Crippen LogP contribution in [-0.2, 0) is 11.0 Å². The maximum Gasteiger partial charge on any atom is 0.417 e. The third kappa shape index (κ3) is 5.09. The first-order valence-corrected chi connectivity index (χ1v) is 10.1. The minimum atomic E-state index is -4.70. The van der Waals surface area contributed by atoms with Crippen molar-refractivity contribution in [1.29, 1.82) is 5.26 Å². The van der Waals surface area contributed by atoms with Gasteiger partial charge in [0.15, 0.2) is 11.5 Å². The molecule has 0 radical (unpaired) electrons. The summed E-state index contributed by atoms with van der Waals surface area (Å²) in [4.78, 5) is 16.3. The van der Waals surface area contributed by atoms with Gasteiger partial charge in [0.25, 0.3) is 0 Å². The third-order valence-electron chi connectivity index (χ3n) is 3.98. The first-order chi connectivity index (χ1) is 14.2. The molecule has 0 aliphatic carbocycles. The molecule has 6 nitrogen and oxygen atoms in total. The average molecular weight is 458 g/mol. The van der Waals surface area contributed by atoms with E-state index in [1.807, 2.05) is 0 Å². The summed E-state index contributed by atoms with van der Waals surface area (Å²) in [5.74, 6) is 0.0961. The summed E-state index contributed by atoms with van der Waals surface area (Å²) in [6.07, 6.45) is -4.00. The van der Waals surface area contributed by atoms with Crippen molar-refractivity contribution in [3.8, 4) is 17.6 Å². The average Bonchev–Trinajstić information content (AvgIpc) is 2.90. The minimum Gasteiger partial charge on any atom is -0.490 e. The molecule has 0 spiro atoms. The Morgan fingerprint density at radius 2 is 1.97 bits per heavy atom. The lowest BCUT2D eigenvalue weighted by Gasteiger charge is -2.14. The number of nitrogens with one attached hydrogen (secondary N) is 1. The lowest BCUT2D eigenvalue weighted by atomic mass is 10.1. The van der Waals surface area contributed by atoms with Gasteiger partial charge in [0, 0.05) is 24.2 Å². The summed E-state index contributed by atoms with van der Waals surface area (Å²) in [7, 11) is 0. The molecule has 158 valence electrons. The smallest absolute Gasteiger partial charge is 0.417 e. The number of ether oxygens (including phenoxy) is 2. The third-order valence-corrected chi connectivity index (χ3v) is 5.27. The summed E-state index contributed by atoms with van der Waals surface area (Å²) in [6.45, 7) is 2.32. The van der Waals surface area contributed by atoms with E-state index in [1.54, 1.807) is 0 Å². The minimum absolute atomic E-state index is 0.0928. The van der Waals surface area contributed by atoms with Crippen molar-refractivity contribution in [3.63, 3.8) is 0 Å². The molecule has 1 N–H and O–H groups in total. The number of rotatable bonds is 4. The highest BCUT2D eigenvalue weighted by Crippen LogP contribution is 2.38. The van der Waals surface area contributed by atoms with Gasteiger partial charge in [-0.2, -0.15) is 18.4 Å². The van der Waals surface area contributed by atoms with Gasteiger partial charge in [-0.25, -0.2) is 4.98 Å². The van der Waals surface area contributed by atoms with Gasteiger partial charge in [-0.15, -0.1) is 0 Å². The Morgan fingerprint density at radius 1 is 1.30 bits per heavy atom. The van der Waals surface area contributed by atoms with E-state index in [9.17, 15) is 23.2 Å². The monoisotopic (exact) mass is 457 g/mol. The Bertz CT molecular complexity index is 1020. The number of hydrogen-bond acceptors (Lipinski definition) is 6. The Balaban J connectivity index is 1.75. The summed E-state index contributed by atoms with van der Waals surface area (Å²) in [5.41, 5.74) is -1.32. The molecule has 0 saturated carbocycles. The number of alkyl halides is 3. The number of nitriles is 1. The van der Waals surface area contributed by atoms with Crippen molar-refractivity contribution < 1.29 is 27.4 Å². The number of aromatic nitrogens is 1. The van der Waals surface area contributed by atoms with Gasteiger partial charge in [-0.1, -0.05) is 23.4 Å². The highest BCUT2D eigenvalue weighted by molar-refractivity contribution is 8.00. The quantitative estimate of drug-likeness (QED) is 0.662. The number of carbonyl (C=O) groups is 1. The molecule has 0 fully saturated rings. The Labute approximate surface area is 179 Å². The molecule has 30 heavy (non-hydrogen) atoms. The molecule has 1 aromatic heterocycles. The number of anilines is 1. The van der Waals surface area contributed by atoms with Gasteiger partial charge in [-0.3, -0.25) is 4.79 Å². The van der Waals surface area contributed by atoms with E-state index in [4.69, 9.17) is 21.1 Å². The second-order valence-corrected chi connectivity index (χ2v) is 7.64. The van der Waals surface area contributed by atoms with Crippen molar-refractivity contribution in [1.82, 2.24) is 4.98 Å². The van der Waals surface area contributed by atoms with Gasteiger partial charge in [-0.05, 0) is 13.0 Å². The lowest BCUT2D eigenvalue weighted by molar-refractivity contribution is -0.138. The number of benzene rings is 1.